The average Bonchev–Trinajstić information content (AvgIpc) is 2.36. The third-order valence-electron chi connectivity index (χ3n) is 3.29. The number of ether oxygens (including phenoxy) is 1. The molecular weight excluding hydrogens is 236 g/mol. The van der Waals surface area contributed by atoms with E-state index in [1.807, 2.05) is 51.1 Å². The highest BCUT2D eigenvalue weighted by Crippen LogP contribution is 2.27. The van der Waals surface area contributed by atoms with E-state index in [0.717, 1.165) is 22.4 Å². The highest BCUT2D eigenvalue weighted by molar-refractivity contribution is 5.41. The summed E-state index contributed by atoms with van der Waals surface area (Å²) in [6.07, 6.45) is -0.594. The lowest BCUT2D eigenvalue weighted by molar-refractivity contribution is 0.220. The molecule has 0 saturated heterocycles. The van der Waals surface area contributed by atoms with Gasteiger partial charge in [0, 0.05) is 0 Å². The van der Waals surface area contributed by atoms with Crippen LogP contribution in [-0.4, -0.2) is 12.2 Å². The number of aliphatic hydroxyl groups excluding tert-OH is 1. The summed E-state index contributed by atoms with van der Waals surface area (Å²) in [5, 5.41) is 10.5. The third-order valence-corrected chi connectivity index (χ3v) is 3.29. The molecule has 1 unspecified atom stereocenters. The number of rotatable bonds is 3. The molecule has 2 nitrogen and oxygen atoms in total. The van der Waals surface area contributed by atoms with Crippen molar-refractivity contribution in [1.29, 1.82) is 0 Å². The Labute approximate surface area is 114 Å². The number of hydrogen-bond acceptors (Lipinski definition) is 2. The lowest BCUT2D eigenvalue weighted by atomic mass is 9.97. The second-order valence-corrected chi connectivity index (χ2v) is 5.05. The van der Waals surface area contributed by atoms with Crippen molar-refractivity contribution < 1.29 is 9.84 Å². The maximum atomic E-state index is 10.5. The van der Waals surface area contributed by atoms with Gasteiger partial charge >= 0.3 is 0 Å². The summed E-state index contributed by atoms with van der Waals surface area (Å²) < 4.78 is 5.24. The van der Waals surface area contributed by atoms with E-state index < -0.39 is 6.10 Å². The van der Waals surface area contributed by atoms with Gasteiger partial charge in [-0.15, -0.1) is 0 Å². The van der Waals surface area contributed by atoms with E-state index in [1.54, 1.807) is 7.11 Å². The molecule has 0 aromatic heterocycles. The number of methoxy groups -OCH3 is 1. The molecule has 2 heteroatoms. The monoisotopic (exact) mass is 256 g/mol. The van der Waals surface area contributed by atoms with Crippen molar-refractivity contribution in [1.82, 2.24) is 0 Å². The summed E-state index contributed by atoms with van der Waals surface area (Å²) in [5.41, 5.74) is 5.19. The molecule has 100 valence electrons. The predicted molar refractivity (Wildman–Crippen MR) is 77.7 cm³/mol. The molecule has 0 spiro atoms. The smallest absolute Gasteiger partial charge is 0.121 e. The van der Waals surface area contributed by atoms with Crippen LogP contribution in [0, 0.1) is 20.8 Å². The van der Waals surface area contributed by atoms with Crippen LogP contribution in [0.15, 0.2) is 36.4 Å². The van der Waals surface area contributed by atoms with E-state index in [0.29, 0.717) is 0 Å². The molecule has 0 aliphatic rings. The predicted octanol–water partition coefficient (Wildman–Crippen LogP) is 3.70. The molecule has 1 atom stereocenters. The minimum Gasteiger partial charge on any atom is -0.496 e. The molecule has 2 aromatic carbocycles. The van der Waals surface area contributed by atoms with Gasteiger partial charge in [0.15, 0.2) is 0 Å². The fourth-order valence-corrected chi connectivity index (χ4v) is 2.43. The van der Waals surface area contributed by atoms with Crippen molar-refractivity contribution in [2.45, 2.75) is 26.9 Å². The van der Waals surface area contributed by atoms with Crippen LogP contribution in [0.1, 0.15) is 33.9 Å². The summed E-state index contributed by atoms with van der Waals surface area (Å²) in [7, 11) is 1.66. The normalized spacial score (nSPS) is 12.3. The van der Waals surface area contributed by atoms with Crippen LogP contribution < -0.4 is 4.74 Å². The van der Waals surface area contributed by atoms with Crippen molar-refractivity contribution in [3.8, 4) is 5.75 Å². The van der Waals surface area contributed by atoms with Crippen LogP contribution in [0.4, 0.5) is 0 Å². The first-order valence-electron chi connectivity index (χ1n) is 6.42. The van der Waals surface area contributed by atoms with Gasteiger partial charge in [-0.2, -0.15) is 0 Å². The van der Waals surface area contributed by atoms with Gasteiger partial charge in [0.2, 0.25) is 0 Å². The van der Waals surface area contributed by atoms with Crippen LogP contribution >= 0.6 is 0 Å². The zero-order chi connectivity index (χ0) is 14.0. The zero-order valence-corrected chi connectivity index (χ0v) is 11.9. The molecule has 0 fully saturated rings. The molecule has 19 heavy (non-hydrogen) atoms. The average molecular weight is 256 g/mol. The molecular formula is C17H20O2. The van der Waals surface area contributed by atoms with Crippen LogP contribution in [0.5, 0.6) is 5.75 Å². The van der Waals surface area contributed by atoms with Gasteiger partial charge in [-0.1, -0.05) is 35.4 Å². The summed E-state index contributed by atoms with van der Waals surface area (Å²) in [6.45, 7) is 6.07. The highest BCUT2D eigenvalue weighted by atomic mass is 16.5. The summed E-state index contributed by atoms with van der Waals surface area (Å²) >= 11 is 0. The molecule has 1 N–H and O–H groups in total. The van der Waals surface area contributed by atoms with Gasteiger partial charge < -0.3 is 9.84 Å². The maximum Gasteiger partial charge on any atom is 0.121 e. The highest BCUT2D eigenvalue weighted by Gasteiger charge is 2.12. The van der Waals surface area contributed by atoms with Crippen LogP contribution in [0.3, 0.4) is 0 Å². The fourth-order valence-electron chi connectivity index (χ4n) is 2.43. The molecule has 0 amide bonds. The largest absolute Gasteiger partial charge is 0.496 e. The van der Waals surface area contributed by atoms with Crippen LogP contribution in [0.2, 0.25) is 0 Å². The molecule has 0 saturated carbocycles. The molecule has 2 aromatic rings. The van der Waals surface area contributed by atoms with Crippen molar-refractivity contribution in [2.75, 3.05) is 7.11 Å². The van der Waals surface area contributed by atoms with E-state index in [9.17, 15) is 5.11 Å². The Morgan fingerprint density at radius 1 is 0.895 bits per heavy atom. The van der Waals surface area contributed by atoms with Gasteiger partial charge in [-0.05, 0) is 49.6 Å². The van der Waals surface area contributed by atoms with Crippen molar-refractivity contribution in [2.24, 2.45) is 0 Å². The number of aliphatic hydroxyl groups is 1. The van der Waals surface area contributed by atoms with Crippen LogP contribution in [0.25, 0.3) is 0 Å². The van der Waals surface area contributed by atoms with E-state index >= 15 is 0 Å². The molecule has 0 radical (unpaired) electrons. The quantitative estimate of drug-likeness (QED) is 0.907. The number of hydrogen-bond donors (Lipinski definition) is 1. The van der Waals surface area contributed by atoms with Crippen molar-refractivity contribution in [3.63, 3.8) is 0 Å². The Morgan fingerprint density at radius 3 is 2.05 bits per heavy atom. The molecule has 0 heterocycles. The van der Waals surface area contributed by atoms with Gasteiger partial charge in [0.05, 0.1) is 7.11 Å². The summed E-state index contributed by atoms with van der Waals surface area (Å²) in [6, 6.07) is 11.9. The van der Waals surface area contributed by atoms with Gasteiger partial charge in [-0.25, -0.2) is 0 Å². The Hall–Kier alpha value is -1.80. The van der Waals surface area contributed by atoms with Gasteiger partial charge in [-0.3, -0.25) is 0 Å². The van der Waals surface area contributed by atoms with Gasteiger partial charge in [0.25, 0.3) is 0 Å². The lowest BCUT2D eigenvalue weighted by Crippen LogP contribution is -2.01. The molecule has 2 rings (SSSR count). The van der Waals surface area contributed by atoms with Crippen molar-refractivity contribution in [3.05, 3.63) is 64.2 Å². The van der Waals surface area contributed by atoms with Crippen molar-refractivity contribution >= 4 is 0 Å². The first kappa shape index (κ1) is 13.6. The standard InChI is InChI=1S/C17H20O2/c1-11-7-12(2)9-15(8-11)17(18)14-5-6-16(19-4)13(3)10-14/h5-10,17-18H,1-4H3. The van der Waals surface area contributed by atoms with E-state index in [1.165, 1.54) is 11.1 Å². The fraction of sp³-hybridized carbons (Fsp3) is 0.294. The summed E-state index contributed by atoms with van der Waals surface area (Å²) in [5.74, 6) is 0.844. The maximum absolute atomic E-state index is 10.5. The van der Waals surface area contributed by atoms with Crippen LogP contribution in [-0.2, 0) is 0 Å². The lowest BCUT2D eigenvalue weighted by Gasteiger charge is -2.15. The zero-order valence-electron chi connectivity index (χ0n) is 11.9. The minimum absolute atomic E-state index is 0.594. The van der Waals surface area contributed by atoms with E-state index in [-0.39, 0.29) is 0 Å². The Balaban J connectivity index is 2.38. The van der Waals surface area contributed by atoms with Gasteiger partial charge in [0.1, 0.15) is 11.9 Å². The van der Waals surface area contributed by atoms with E-state index in [4.69, 9.17) is 4.74 Å². The third kappa shape index (κ3) is 2.96. The minimum atomic E-state index is -0.594. The topological polar surface area (TPSA) is 29.5 Å². The van der Waals surface area contributed by atoms with E-state index in [2.05, 4.69) is 6.07 Å². The number of aryl methyl sites for hydroxylation is 3. The second-order valence-electron chi connectivity index (χ2n) is 5.05. The molecule has 0 aliphatic heterocycles. The Morgan fingerprint density at radius 2 is 1.53 bits per heavy atom. The molecule has 0 bridgehead atoms. The molecule has 0 aliphatic carbocycles. The summed E-state index contributed by atoms with van der Waals surface area (Å²) in [4.78, 5) is 0. The second kappa shape index (κ2) is 5.45. The Kier molecular flexibility index (Phi) is 3.91. The number of benzene rings is 2. The Bertz CT molecular complexity index is 568. The first-order valence-corrected chi connectivity index (χ1v) is 6.42. The first-order chi connectivity index (χ1) is 9.01. The SMILES string of the molecule is COc1ccc(C(O)c2cc(C)cc(C)c2)cc1C.